The summed E-state index contributed by atoms with van der Waals surface area (Å²) in [7, 11) is -3.44. The molecule has 1 aliphatic heterocycles. The van der Waals surface area contributed by atoms with Crippen molar-refractivity contribution in [3.05, 3.63) is 17.7 Å². The Bertz CT molecular complexity index is 491. The third kappa shape index (κ3) is 1.66. The molecule has 1 heterocycles. The fraction of sp³-hybridized carbons (Fsp3) is 0.333. The average Bonchev–Trinajstić information content (AvgIpc) is 2.61. The molecule has 0 spiro atoms. The predicted molar refractivity (Wildman–Crippen MR) is 51.6 cm³/mol. The summed E-state index contributed by atoms with van der Waals surface area (Å²) in [5.41, 5.74) is 0.321. The molecule has 0 unspecified atom stereocenters. The van der Waals surface area contributed by atoms with Gasteiger partial charge in [-0.2, -0.15) is 0 Å². The maximum absolute atomic E-state index is 11.5. The highest BCUT2D eigenvalue weighted by molar-refractivity contribution is 7.90. The molecule has 0 atom stereocenters. The summed E-state index contributed by atoms with van der Waals surface area (Å²) in [6.45, 7) is -0.341. The lowest BCUT2D eigenvalue weighted by Gasteiger charge is -2.08. The molecule has 1 aromatic rings. The van der Waals surface area contributed by atoms with Crippen LogP contribution in [-0.4, -0.2) is 26.6 Å². The van der Waals surface area contributed by atoms with E-state index in [1.165, 1.54) is 6.07 Å². The summed E-state index contributed by atoms with van der Waals surface area (Å²) in [6, 6.07) is 3.10. The summed E-state index contributed by atoms with van der Waals surface area (Å²) < 4.78 is 33.2. The molecule has 1 aliphatic rings. The topological polar surface area (TPSA) is 72.8 Å². The van der Waals surface area contributed by atoms with Gasteiger partial charge in [0.1, 0.15) is 4.90 Å². The van der Waals surface area contributed by atoms with Crippen LogP contribution in [-0.2, 0) is 16.4 Å². The molecule has 6 heteroatoms. The van der Waals surface area contributed by atoms with Gasteiger partial charge in [-0.25, -0.2) is 8.42 Å². The van der Waals surface area contributed by atoms with E-state index in [-0.39, 0.29) is 24.0 Å². The maximum Gasteiger partial charge on any atom is 0.231 e. The van der Waals surface area contributed by atoms with Gasteiger partial charge in [-0.15, -0.1) is 0 Å². The lowest BCUT2D eigenvalue weighted by Crippen LogP contribution is -2.04. The smallest absolute Gasteiger partial charge is 0.231 e. The minimum absolute atomic E-state index is 0.00668. The normalized spacial score (nSPS) is 14.3. The molecule has 0 bridgehead atoms. The van der Waals surface area contributed by atoms with Crippen molar-refractivity contribution in [2.75, 3.05) is 13.0 Å². The SMILES string of the molecule is CS(=O)(=O)c1c(CO)ccc2c1OCO2. The Morgan fingerprint density at radius 2 is 2.13 bits per heavy atom. The molecule has 0 aromatic heterocycles. The van der Waals surface area contributed by atoms with E-state index >= 15 is 0 Å². The molecule has 1 aromatic carbocycles. The van der Waals surface area contributed by atoms with Gasteiger partial charge in [0.2, 0.25) is 6.79 Å². The van der Waals surface area contributed by atoms with Crippen molar-refractivity contribution in [3.63, 3.8) is 0 Å². The molecule has 5 nitrogen and oxygen atoms in total. The number of hydrogen-bond acceptors (Lipinski definition) is 5. The Balaban J connectivity index is 2.74. The van der Waals surface area contributed by atoms with Crippen molar-refractivity contribution in [1.82, 2.24) is 0 Å². The summed E-state index contributed by atoms with van der Waals surface area (Å²) in [5.74, 6) is 0.594. The van der Waals surface area contributed by atoms with Crippen LogP contribution in [0.4, 0.5) is 0 Å². The zero-order valence-electron chi connectivity index (χ0n) is 8.06. The van der Waals surface area contributed by atoms with E-state index in [1.807, 2.05) is 0 Å². The zero-order valence-corrected chi connectivity index (χ0v) is 8.87. The zero-order chi connectivity index (χ0) is 11.1. The van der Waals surface area contributed by atoms with E-state index in [9.17, 15) is 8.42 Å². The number of fused-ring (bicyclic) bond motifs is 1. The van der Waals surface area contributed by atoms with Crippen molar-refractivity contribution in [1.29, 1.82) is 0 Å². The number of ether oxygens (including phenoxy) is 2. The Morgan fingerprint density at radius 1 is 1.40 bits per heavy atom. The second kappa shape index (κ2) is 3.39. The molecule has 0 saturated heterocycles. The molecule has 0 aliphatic carbocycles. The van der Waals surface area contributed by atoms with E-state index in [0.29, 0.717) is 11.3 Å². The van der Waals surface area contributed by atoms with E-state index in [4.69, 9.17) is 14.6 Å². The minimum atomic E-state index is -3.44. The molecule has 1 N–H and O–H groups in total. The first kappa shape index (κ1) is 10.3. The quantitative estimate of drug-likeness (QED) is 0.791. The van der Waals surface area contributed by atoms with Gasteiger partial charge in [-0.1, -0.05) is 6.07 Å². The molecule has 15 heavy (non-hydrogen) atoms. The van der Waals surface area contributed by atoms with Crippen LogP contribution in [0.1, 0.15) is 5.56 Å². The molecular formula is C9H10O5S. The standard InChI is InChI=1S/C9H10O5S/c1-15(11,12)9-6(4-10)2-3-7-8(9)14-5-13-7/h2-3,10H,4-5H2,1H3. The predicted octanol–water partition coefficient (Wildman–Crippen LogP) is 0.311. The second-order valence-corrected chi connectivity index (χ2v) is 5.17. The average molecular weight is 230 g/mol. The van der Waals surface area contributed by atoms with Crippen molar-refractivity contribution < 1.29 is 23.0 Å². The van der Waals surface area contributed by atoms with Gasteiger partial charge in [0.15, 0.2) is 21.3 Å². The third-order valence-corrected chi connectivity index (χ3v) is 3.31. The molecule has 2 rings (SSSR count). The third-order valence-electron chi connectivity index (χ3n) is 2.12. The van der Waals surface area contributed by atoms with Crippen molar-refractivity contribution in [2.24, 2.45) is 0 Å². The number of aliphatic hydroxyl groups excluding tert-OH is 1. The first-order valence-electron chi connectivity index (χ1n) is 4.26. The fourth-order valence-corrected chi connectivity index (χ4v) is 2.62. The number of rotatable bonds is 2. The van der Waals surface area contributed by atoms with E-state index < -0.39 is 9.84 Å². The largest absolute Gasteiger partial charge is 0.454 e. The maximum atomic E-state index is 11.5. The molecule has 0 amide bonds. The number of aliphatic hydroxyl groups is 1. The fourth-order valence-electron chi connectivity index (χ4n) is 1.52. The highest BCUT2D eigenvalue weighted by atomic mass is 32.2. The van der Waals surface area contributed by atoms with Crippen molar-refractivity contribution in [2.45, 2.75) is 11.5 Å². The molecule has 0 saturated carbocycles. The van der Waals surface area contributed by atoms with Gasteiger partial charge in [0.25, 0.3) is 0 Å². The van der Waals surface area contributed by atoms with Crippen LogP contribution in [0.2, 0.25) is 0 Å². The van der Waals surface area contributed by atoms with Crippen LogP contribution < -0.4 is 9.47 Å². The number of benzene rings is 1. The highest BCUT2D eigenvalue weighted by Crippen LogP contribution is 2.40. The molecule has 0 fully saturated rings. The first-order chi connectivity index (χ1) is 7.04. The summed E-state index contributed by atoms with van der Waals surface area (Å²) in [5, 5.41) is 9.05. The van der Waals surface area contributed by atoms with Gasteiger partial charge in [-0.05, 0) is 6.07 Å². The first-order valence-corrected chi connectivity index (χ1v) is 6.15. The van der Waals surface area contributed by atoms with Gasteiger partial charge >= 0.3 is 0 Å². The number of sulfone groups is 1. The van der Waals surface area contributed by atoms with Crippen LogP contribution in [0.5, 0.6) is 11.5 Å². The summed E-state index contributed by atoms with van der Waals surface area (Å²) >= 11 is 0. The van der Waals surface area contributed by atoms with Gasteiger partial charge in [0, 0.05) is 11.8 Å². The second-order valence-electron chi connectivity index (χ2n) is 3.22. The van der Waals surface area contributed by atoms with Crippen LogP contribution >= 0.6 is 0 Å². The Morgan fingerprint density at radius 3 is 2.73 bits per heavy atom. The van der Waals surface area contributed by atoms with Gasteiger partial charge in [-0.3, -0.25) is 0 Å². The van der Waals surface area contributed by atoms with Crippen molar-refractivity contribution >= 4 is 9.84 Å². The number of hydrogen-bond donors (Lipinski definition) is 1. The molecule has 82 valence electrons. The lowest BCUT2D eigenvalue weighted by atomic mass is 10.2. The van der Waals surface area contributed by atoms with Crippen LogP contribution in [0.15, 0.2) is 17.0 Å². The summed E-state index contributed by atoms with van der Waals surface area (Å²) in [4.78, 5) is 0.0139. The Hall–Kier alpha value is -1.27. The summed E-state index contributed by atoms with van der Waals surface area (Å²) in [6.07, 6.45) is 1.07. The highest BCUT2D eigenvalue weighted by Gasteiger charge is 2.26. The van der Waals surface area contributed by atoms with Crippen LogP contribution in [0.25, 0.3) is 0 Å². The van der Waals surface area contributed by atoms with Crippen LogP contribution in [0.3, 0.4) is 0 Å². The Kier molecular flexibility index (Phi) is 2.32. The van der Waals surface area contributed by atoms with E-state index in [0.717, 1.165) is 6.26 Å². The van der Waals surface area contributed by atoms with E-state index in [2.05, 4.69) is 0 Å². The van der Waals surface area contributed by atoms with Gasteiger partial charge < -0.3 is 14.6 Å². The minimum Gasteiger partial charge on any atom is -0.454 e. The lowest BCUT2D eigenvalue weighted by molar-refractivity contribution is 0.171. The molecular weight excluding hydrogens is 220 g/mol. The van der Waals surface area contributed by atoms with Gasteiger partial charge in [0.05, 0.1) is 6.61 Å². The Labute approximate surface area is 87.2 Å². The monoisotopic (exact) mass is 230 g/mol. The van der Waals surface area contributed by atoms with Crippen molar-refractivity contribution in [3.8, 4) is 11.5 Å². The molecule has 0 radical (unpaired) electrons. The van der Waals surface area contributed by atoms with Crippen LogP contribution in [0, 0.1) is 0 Å². The van der Waals surface area contributed by atoms with E-state index in [1.54, 1.807) is 6.07 Å².